The zero-order valence-corrected chi connectivity index (χ0v) is 17.7. The first-order chi connectivity index (χ1) is 13.3. The Morgan fingerprint density at radius 1 is 1.14 bits per heavy atom. The number of benzene rings is 1. The van der Waals surface area contributed by atoms with Crippen LogP contribution in [0.1, 0.15) is 62.2 Å². The lowest BCUT2D eigenvalue weighted by atomic mass is 9.49. The van der Waals surface area contributed by atoms with E-state index in [-0.39, 0.29) is 28.1 Å². The average molecular weight is 448 g/mol. The Bertz CT molecular complexity index is 807. The van der Waals surface area contributed by atoms with Crippen LogP contribution in [0.2, 0.25) is 0 Å². The predicted octanol–water partition coefficient (Wildman–Crippen LogP) is 4.49. The third-order valence-corrected chi connectivity index (χ3v) is 7.50. The number of ketones is 1. The summed E-state index contributed by atoms with van der Waals surface area (Å²) in [6.45, 7) is 1.13. The van der Waals surface area contributed by atoms with E-state index in [0.29, 0.717) is 29.5 Å². The van der Waals surface area contributed by atoms with Gasteiger partial charge in [-0.1, -0.05) is 28.1 Å². The lowest BCUT2D eigenvalue weighted by Gasteiger charge is -2.60. The Morgan fingerprint density at radius 2 is 1.82 bits per heavy atom. The molecule has 2 unspecified atom stereocenters. The van der Waals surface area contributed by atoms with Crippen molar-refractivity contribution >= 4 is 39.3 Å². The van der Waals surface area contributed by atoms with Crippen molar-refractivity contribution in [2.24, 2.45) is 17.3 Å². The first-order valence-electron chi connectivity index (χ1n) is 10.0. The van der Waals surface area contributed by atoms with E-state index in [1.165, 1.54) is 26.2 Å². The third kappa shape index (κ3) is 4.02. The van der Waals surface area contributed by atoms with Gasteiger partial charge in [0.1, 0.15) is 0 Å². The second kappa shape index (κ2) is 7.29. The monoisotopic (exact) mass is 447 g/mol. The summed E-state index contributed by atoms with van der Waals surface area (Å²) in [6.07, 6.45) is 7.36. The molecule has 5 rings (SSSR count). The van der Waals surface area contributed by atoms with Gasteiger partial charge in [-0.25, -0.2) is 0 Å². The maximum Gasteiger partial charge on any atom is 0.306 e. The lowest BCUT2D eigenvalue weighted by molar-refractivity contribution is -0.153. The highest BCUT2D eigenvalue weighted by molar-refractivity contribution is 9.10. The van der Waals surface area contributed by atoms with Gasteiger partial charge < -0.3 is 10.1 Å². The number of amides is 1. The highest BCUT2D eigenvalue weighted by Gasteiger charge is 2.57. The van der Waals surface area contributed by atoms with Gasteiger partial charge >= 0.3 is 5.97 Å². The number of carbonyl (C=O) groups is 3. The molecule has 1 aromatic rings. The molecule has 0 radical (unpaired) electrons. The minimum absolute atomic E-state index is 0.0301. The number of para-hydroxylation sites is 1. The highest BCUT2D eigenvalue weighted by atomic mass is 79.9. The standard InChI is InChI=1S/C22H26BrNO4/c1-14(25)17-4-2-3-5-18(17)24-19(26)12-28-20(27)11-21-7-15-6-16(8-21)10-22(23,9-15)13-21/h2-5,15-16H,6-13H2,1H3,(H,24,26)/t15-,16+,21?,22?. The minimum atomic E-state index is -0.426. The molecule has 4 fully saturated rings. The normalized spacial score (nSPS) is 32.8. The van der Waals surface area contributed by atoms with Crippen molar-refractivity contribution < 1.29 is 19.1 Å². The molecule has 4 atom stereocenters. The van der Waals surface area contributed by atoms with Crippen LogP contribution in [0.3, 0.4) is 0 Å². The molecule has 1 aromatic carbocycles. The molecule has 1 amide bonds. The van der Waals surface area contributed by atoms with Crippen molar-refractivity contribution in [1.29, 1.82) is 0 Å². The molecule has 4 bridgehead atoms. The zero-order chi connectivity index (χ0) is 19.9. The molecule has 0 heterocycles. The van der Waals surface area contributed by atoms with E-state index >= 15 is 0 Å². The van der Waals surface area contributed by atoms with Crippen LogP contribution in [0.4, 0.5) is 5.69 Å². The molecular weight excluding hydrogens is 422 g/mol. The summed E-state index contributed by atoms with van der Waals surface area (Å²) >= 11 is 3.96. The summed E-state index contributed by atoms with van der Waals surface area (Å²) in [6, 6.07) is 6.82. The molecule has 150 valence electrons. The van der Waals surface area contributed by atoms with Crippen molar-refractivity contribution in [1.82, 2.24) is 0 Å². The summed E-state index contributed by atoms with van der Waals surface area (Å²) in [7, 11) is 0. The number of halogens is 1. The van der Waals surface area contributed by atoms with Crippen LogP contribution in [-0.4, -0.2) is 28.6 Å². The second-order valence-corrected chi connectivity index (χ2v) is 10.8. The van der Waals surface area contributed by atoms with Gasteiger partial charge in [-0.2, -0.15) is 0 Å². The topological polar surface area (TPSA) is 72.5 Å². The molecule has 28 heavy (non-hydrogen) atoms. The number of nitrogens with one attached hydrogen (secondary N) is 1. The summed E-state index contributed by atoms with van der Waals surface area (Å²) in [5.41, 5.74) is 0.916. The SMILES string of the molecule is CC(=O)c1ccccc1NC(=O)COC(=O)CC12C[C@@H]3C[C@@H](CC(Br)(C3)C1)C2. The fourth-order valence-electron chi connectivity index (χ4n) is 6.13. The number of esters is 1. The van der Waals surface area contributed by atoms with Crippen LogP contribution in [0.5, 0.6) is 0 Å². The average Bonchev–Trinajstić information content (AvgIpc) is 2.57. The van der Waals surface area contributed by atoms with Gasteiger partial charge in [0.15, 0.2) is 12.4 Å². The molecule has 4 aliphatic carbocycles. The van der Waals surface area contributed by atoms with Gasteiger partial charge in [-0.3, -0.25) is 14.4 Å². The fourth-order valence-corrected chi connectivity index (χ4v) is 7.64. The molecule has 0 aromatic heterocycles. The number of carbonyl (C=O) groups excluding carboxylic acids is 3. The van der Waals surface area contributed by atoms with Crippen molar-refractivity contribution in [2.75, 3.05) is 11.9 Å². The first kappa shape index (κ1) is 19.6. The lowest BCUT2D eigenvalue weighted by Crippen LogP contribution is -2.53. The van der Waals surface area contributed by atoms with Crippen LogP contribution in [-0.2, 0) is 14.3 Å². The van der Waals surface area contributed by atoms with Crippen molar-refractivity contribution in [2.45, 2.75) is 56.2 Å². The molecule has 0 spiro atoms. The predicted molar refractivity (Wildman–Crippen MR) is 109 cm³/mol. The van der Waals surface area contributed by atoms with E-state index in [1.807, 2.05) is 0 Å². The van der Waals surface area contributed by atoms with Gasteiger partial charge in [0.05, 0.1) is 12.1 Å². The molecule has 0 saturated heterocycles. The molecule has 4 aliphatic rings. The number of hydrogen-bond donors (Lipinski definition) is 1. The van der Waals surface area contributed by atoms with Gasteiger partial charge in [0, 0.05) is 9.89 Å². The largest absolute Gasteiger partial charge is 0.456 e. The van der Waals surface area contributed by atoms with E-state index in [2.05, 4.69) is 21.2 Å². The zero-order valence-electron chi connectivity index (χ0n) is 16.1. The van der Waals surface area contributed by atoms with E-state index in [1.54, 1.807) is 24.3 Å². The minimum Gasteiger partial charge on any atom is -0.456 e. The van der Waals surface area contributed by atoms with Crippen molar-refractivity contribution in [3.8, 4) is 0 Å². The van der Waals surface area contributed by atoms with Gasteiger partial charge in [0.2, 0.25) is 0 Å². The molecular formula is C22H26BrNO4. The number of anilines is 1. The first-order valence-corrected chi connectivity index (χ1v) is 10.8. The fraction of sp³-hybridized carbons (Fsp3) is 0.591. The van der Waals surface area contributed by atoms with E-state index in [4.69, 9.17) is 4.74 Å². The smallest absolute Gasteiger partial charge is 0.306 e. The van der Waals surface area contributed by atoms with Gasteiger partial charge in [-0.05, 0) is 74.8 Å². The summed E-state index contributed by atoms with van der Waals surface area (Å²) in [5, 5.41) is 2.67. The molecule has 0 aliphatic heterocycles. The Kier molecular flexibility index (Phi) is 5.10. The number of hydrogen-bond acceptors (Lipinski definition) is 4. The molecule has 1 N–H and O–H groups in total. The molecule has 6 heteroatoms. The van der Waals surface area contributed by atoms with Gasteiger partial charge in [-0.15, -0.1) is 0 Å². The Labute approximate surface area is 173 Å². The highest BCUT2D eigenvalue weighted by Crippen LogP contribution is 2.65. The van der Waals surface area contributed by atoms with Crippen LogP contribution in [0.15, 0.2) is 24.3 Å². The van der Waals surface area contributed by atoms with Gasteiger partial charge in [0.25, 0.3) is 5.91 Å². The Balaban J connectivity index is 1.32. The summed E-state index contributed by atoms with van der Waals surface area (Å²) in [4.78, 5) is 36.3. The van der Waals surface area contributed by atoms with E-state index in [0.717, 1.165) is 19.3 Å². The van der Waals surface area contributed by atoms with Crippen molar-refractivity contribution in [3.05, 3.63) is 29.8 Å². The summed E-state index contributed by atoms with van der Waals surface area (Å²) in [5.74, 6) is 0.565. The third-order valence-electron chi connectivity index (χ3n) is 6.57. The quantitative estimate of drug-likeness (QED) is 0.395. The second-order valence-electron chi connectivity index (χ2n) is 9.10. The number of alkyl halides is 1. The maximum atomic E-state index is 12.5. The van der Waals surface area contributed by atoms with E-state index in [9.17, 15) is 14.4 Å². The number of rotatable bonds is 6. The summed E-state index contributed by atoms with van der Waals surface area (Å²) < 4.78 is 5.50. The maximum absolute atomic E-state index is 12.5. The van der Waals surface area contributed by atoms with Crippen LogP contribution >= 0.6 is 15.9 Å². The Morgan fingerprint density at radius 3 is 2.46 bits per heavy atom. The number of ether oxygens (including phenoxy) is 1. The molecule has 5 nitrogen and oxygen atoms in total. The van der Waals surface area contributed by atoms with Crippen molar-refractivity contribution in [3.63, 3.8) is 0 Å². The van der Waals surface area contributed by atoms with E-state index < -0.39 is 5.91 Å². The Hall–Kier alpha value is -1.69. The van der Waals surface area contributed by atoms with Crippen LogP contribution in [0.25, 0.3) is 0 Å². The van der Waals surface area contributed by atoms with Crippen LogP contribution in [0, 0.1) is 17.3 Å². The number of Topliss-reactive ketones (excluding diaryl/α,β-unsaturated/α-hetero) is 1. The van der Waals surface area contributed by atoms with Crippen LogP contribution < -0.4 is 5.32 Å². The molecule has 4 saturated carbocycles.